The highest BCUT2D eigenvalue weighted by Crippen LogP contribution is 2.43. The number of carbonyl (C=O) groups is 2. The molecule has 12 heteroatoms. The Morgan fingerprint density at radius 1 is 0.667 bits per heavy atom. The molecular weight excluding hydrogens is 633 g/mol. The summed E-state index contributed by atoms with van der Waals surface area (Å²) in [7, 11) is 1.46. The van der Waals surface area contributed by atoms with Gasteiger partial charge in [0.1, 0.15) is 19.8 Å². The Morgan fingerprint density at radius 2 is 1.15 bits per heavy atom. The summed E-state index contributed by atoms with van der Waals surface area (Å²) >= 11 is 0. The lowest BCUT2D eigenvalue weighted by atomic mass is 9.98. The fraction of sp³-hybridized carbons (Fsp3) is 0.944. The maximum atomic E-state index is 12.6. The minimum absolute atomic E-state index is 0.0278. The number of hydrogen-bond donors (Lipinski definition) is 1. The Hall–Kier alpha value is -1.39. The van der Waals surface area contributed by atoms with E-state index in [0.29, 0.717) is 17.4 Å². The van der Waals surface area contributed by atoms with Crippen molar-refractivity contribution < 1.29 is 42.1 Å². The van der Waals surface area contributed by atoms with Crippen LogP contribution in [0.5, 0.6) is 0 Å². The van der Waals surface area contributed by atoms with Crippen LogP contribution in [0.25, 0.3) is 0 Å². The van der Waals surface area contributed by atoms with Crippen molar-refractivity contribution in [3.63, 3.8) is 0 Å². The van der Waals surface area contributed by atoms with Crippen molar-refractivity contribution in [2.45, 2.75) is 173 Å². The minimum Gasteiger partial charge on any atom is -0.462 e. The van der Waals surface area contributed by atoms with Gasteiger partial charge in [0.05, 0.1) is 27.7 Å². The Kier molecular flexibility index (Phi) is 24.6. The lowest BCUT2D eigenvalue weighted by Crippen LogP contribution is -2.37. The number of phosphoric ester groups is 1. The van der Waals surface area contributed by atoms with Crippen molar-refractivity contribution in [2.24, 2.45) is 10.2 Å². The van der Waals surface area contributed by atoms with Crippen molar-refractivity contribution in [2.75, 3.05) is 47.5 Å². The molecule has 1 heterocycles. The first-order valence-electron chi connectivity index (χ1n) is 19.1. The van der Waals surface area contributed by atoms with Gasteiger partial charge < -0.3 is 18.9 Å². The number of carbonyl (C=O) groups excluding carboxylic acids is 2. The Morgan fingerprint density at radius 3 is 1.67 bits per heavy atom. The molecule has 48 heavy (non-hydrogen) atoms. The molecule has 2 atom stereocenters. The summed E-state index contributed by atoms with van der Waals surface area (Å²) in [6, 6.07) is 0. The molecule has 0 aromatic heterocycles. The van der Waals surface area contributed by atoms with Crippen LogP contribution in [0.4, 0.5) is 0 Å². The minimum atomic E-state index is -4.37. The van der Waals surface area contributed by atoms with E-state index >= 15 is 0 Å². The number of hydrogen-bond acceptors (Lipinski definition) is 9. The van der Waals surface area contributed by atoms with Gasteiger partial charge in [-0.15, -0.1) is 0 Å². The molecule has 1 aliphatic rings. The number of ether oxygens (including phenoxy) is 2. The van der Waals surface area contributed by atoms with Gasteiger partial charge in [0.15, 0.2) is 11.8 Å². The number of unbranched alkanes of at least 4 members (excludes halogenated alkanes) is 16. The molecule has 0 fully saturated rings. The van der Waals surface area contributed by atoms with Crippen LogP contribution in [0.1, 0.15) is 162 Å². The van der Waals surface area contributed by atoms with Gasteiger partial charge in [0, 0.05) is 12.8 Å². The molecular formula is C36H71N3O8P+. The van der Waals surface area contributed by atoms with Crippen molar-refractivity contribution in [1.29, 1.82) is 0 Å². The third-order valence-electron chi connectivity index (χ3n) is 8.67. The number of phosphoric acid groups is 1. The molecule has 2 unspecified atom stereocenters. The Labute approximate surface area is 292 Å². The van der Waals surface area contributed by atoms with E-state index in [9.17, 15) is 19.0 Å². The predicted octanol–water partition coefficient (Wildman–Crippen LogP) is 9.46. The molecule has 1 rings (SSSR count). The zero-order valence-corrected chi connectivity index (χ0v) is 32.2. The highest BCUT2D eigenvalue weighted by molar-refractivity contribution is 7.47. The molecule has 0 amide bonds. The fourth-order valence-corrected chi connectivity index (χ4v) is 6.18. The van der Waals surface area contributed by atoms with E-state index in [1.165, 1.54) is 64.2 Å². The number of nitrogens with zero attached hydrogens (tertiary/aromatic N) is 3. The quantitative estimate of drug-likeness (QED) is 0.0303. The van der Waals surface area contributed by atoms with Crippen LogP contribution in [0.15, 0.2) is 10.2 Å². The summed E-state index contributed by atoms with van der Waals surface area (Å²) in [4.78, 5) is 35.2. The molecule has 0 aromatic carbocycles. The van der Waals surface area contributed by atoms with Gasteiger partial charge in [-0.3, -0.25) is 18.6 Å². The maximum absolute atomic E-state index is 12.6. The van der Waals surface area contributed by atoms with E-state index in [1.807, 2.05) is 21.1 Å². The molecule has 0 radical (unpaired) electrons. The van der Waals surface area contributed by atoms with E-state index in [0.717, 1.165) is 64.2 Å². The van der Waals surface area contributed by atoms with Gasteiger partial charge in [-0.2, -0.15) is 10.2 Å². The van der Waals surface area contributed by atoms with Gasteiger partial charge >= 0.3 is 19.8 Å². The molecule has 0 saturated heterocycles. The fourth-order valence-electron chi connectivity index (χ4n) is 5.44. The second-order valence-corrected chi connectivity index (χ2v) is 16.1. The molecule has 0 spiro atoms. The van der Waals surface area contributed by atoms with Crippen LogP contribution in [-0.4, -0.2) is 80.6 Å². The van der Waals surface area contributed by atoms with E-state index in [4.69, 9.17) is 18.5 Å². The van der Waals surface area contributed by atoms with Crippen molar-refractivity contribution in [3.05, 3.63) is 0 Å². The number of quaternary nitrogens is 1. The van der Waals surface area contributed by atoms with Crippen LogP contribution in [0.2, 0.25) is 0 Å². The third-order valence-corrected chi connectivity index (χ3v) is 9.66. The zero-order valence-electron chi connectivity index (χ0n) is 31.3. The Bertz CT molecular complexity index is 921. The average molecular weight is 705 g/mol. The molecule has 1 aliphatic heterocycles. The van der Waals surface area contributed by atoms with Crippen molar-refractivity contribution in [1.82, 2.24) is 0 Å². The predicted molar refractivity (Wildman–Crippen MR) is 191 cm³/mol. The summed E-state index contributed by atoms with van der Waals surface area (Å²) in [6.45, 7) is 4.31. The van der Waals surface area contributed by atoms with Crippen LogP contribution in [0, 0.1) is 0 Å². The summed E-state index contributed by atoms with van der Waals surface area (Å²) in [5.41, 5.74) is -0.0807. The second kappa shape index (κ2) is 26.4. The highest BCUT2D eigenvalue weighted by Gasteiger charge is 2.38. The van der Waals surface area contributed by atoms with Crippen LogP contribution in [-0.2, 0) is 32.7 Å². The van der Waals surface area contributed by atoms with Gasteiger partial charge in [0.2, 0.25) is 0 Å². The number of rotatable bonds is 34. The molecule has 282 valence electrons. The summed E-state index contributed by atoms with van der Waals surface area (Å²) < 4.78 is 34.1. The topological polar surface area (TPSA) is 133 Å². The van der Waals surface area contributed by atoms with Gasteiger partial charge in [0.25, 0.3) is 0 Å². The summed E-state index contributed by atoms with van der Waals surface area (Å²) in [6.07, 6.45) is 23.0. The third kappa shape index (κ3) is 26.5. The lowest BCUT2D eigenvalue weighted by Gasteiger charge is -2.24. The van der Waals surface area contributed by atoms with Gasteiger partial charge in [-0.1, -0.05) is 110 Å². The second-order valence-electron chi connectivity index (χ2n) is 14.6. The van der Waals surface area contributed by atoms with Gasteiger partial charge in [-0.05, 0) is 38.5 Å². The summed E-state index contributed by atoms with van der Waals surface area (Å²) in [5.74, 6) is -0.822. The van der Waals surface area contributed by atoms with E-state index in [-0.39, 0.29) is 37.7 Å². The van der Waals surface area contributed by atoms with Crippen molar-refractivity contribution in [3.8, 4) is 0 Å². The van der Waals surface area contributed by atoms with E-state index < -0.39 is 26.5 Å². The molecule has 0 aliphatic carbocycles. The van der Waals surface area contributed by atoms with E-state index in [2.05, 4.69) is 24.1 Å². The molecule has 1 N–H and O–H groups in total. The monoisotopic (exact) mass is 704 g/mol. The van der Waals surface area contributed by atoms with Crippen LogP contribution < -0.4 is 0 Å². The zero-order chi connectivity index (χ0) is 35.6. The smallest absolute Gasteiger partial charge is 0.462 e. The molecule has 11 nitrogen and oxygen atoms in total. The lowest BCUT2D eigenvalue weighted by molar-refractivity contribution is -0.870. The number of esters is 2. The molecule has 0 saturated carbocycles. The normalized spacial score (nSPS) is 15.6. The largest absolute Gasteiger partial charge is 0.472 e. The Balaban J connectivity index is 2.34. The maximum Gasteiger partial charge on any atom is 0.472 e. The summed E-state index contributed by atoms with van der Waals surface area (Å²) in [5, 5.41) is 8.54. The molecule has 0 bridgehead atoms. The SMILES string of the molecule is CCCCCCCCCCCCCC(=O)OCC(COP(=O)(O)OCC[N+](C)(C)C)OC(=O)CCCCCCCCC1(CCCC)N=N1. The first-order chi connectivity index (χ1) is 22.9. The van der Waals surface area contributed by atoms with Crippen LogP contribution >= 0.6 is 7.82 Å². The highest BCUT2D eigenvalue weighted by atomic mass is 31.2. The molecule has 0 aromatic rings. The van der Waals surface area contributed by atoms with Crippen molar-refractivity contribution >= 4 is 19.8 Å². The first kappa shape index (κ1) is 44.6. The van der Waals surface area contributed by atoms with Crippen LogP contribution in [0.3, 0.4) is 0 Å². The van der Waals surface area contributed by atoms with E-state index in [1.54, 1.807) is 0 Å². The van der Waals surface area contributed by atoms with Gasteiger partial charge in [-0.25, -0.2) is 4.57 Å². The average Bonchev–Trinajstić information content (AvgIpc) is 3.80. The number of likely N-dealkylation sites (N-methyl/N-ethyl adjacent to an activating group) is 1. The standard InChI is InChI=1S/C36H70N3O8P/c1-6-8-10-11-12-13-14-15-16-19-22-25-34(40)44-31-33(32-46-48(42,43)45-30-29-39(3,4)5)47-35(41)26-23-20-17-18-21-24-28-36(37-38-36)27-9-7-2/h33H,6-32H2,1-5H3/p+1. The first-order valence-corrected chi connectivity index (χ1v) is 20.6.